The summed E-state index contributed by atoms with van der Waals surface area (Å²) in [6.07, 6.45) is 5.55. The van der Waals surface area contributed by atoms with Crippen LogP contribution >= 0.6 is 11.3 Å². The third kappa shape index (κ3) is 3.88. The fraction of sp³-hybridized carbons (Fsp3) is 0.238. The molecule has 0 fully saturated rings. The van der Waals surface area contributed by atoms with E-state index in [9.17, 15) is 4.79 Å². The first-order valence-electron chi connectivity index (χ1n) is 8.60. The molecule has 0 saturated carbocycles. The number of para-hydroxylation sites is 1. The molecule has 0 saturated heterocycles. The summed E-state index contributed by atoms with van der Waals surface area (Å²) in [5.41, 5.74) is 2.43. The molecule has 0 N–H and O–H groups in total. The lowest BCUT2D eigenvalue weighted by molar-refractivity contribution is 0.0998. The zero-order valence-electron chi connectivity index (χ0n) is 15.6. The van der Waals surface area contributed by atoms with E-state index in [1.165, 1.54) is 11.3 Å². The van der Waals surface area contributed by atoms with E-state index in [4.69, 9.17) is 11.2 Å². The third-order valence-corrected chi connectivity index (χ3v) is 5.08. The number of aromatic nitrogens is 1. The molecule has 6 heteroatoms. The topological polar surface area (TPSA) is 46.8 Å². The molecule has 3 aromatic rings. The predicted octanol–water partition coefficient (Wildman–Crippen LogP) is 3.54. The third-order valence-electron chi connectivity index (χ3n) is 4.04. The molecule has 1 amide bonds. The number of amides is 1. The van der Waals surface area contributed by atoms with Gasteiger partial charge in [0, 0.05) is 25.3 Å². The first-order chi connectivity index (χ1) is 13.0. The SMILES string of the molecule is C#CCn1c(=NC(=O)c2ccc(N(C)C)cc2)sc2cccc(OCC)c21. The number of benzene rings is 2. The van der Waals surface area contributed by atoms with Crippen molar-refractivity contribution in [3.8, 4) is 18.1 Å². The lowest BCUT2D eigenvalue weighted by Crippen LogP contribution is -2.17. The Kier molecular flexibility index (Phi) is 5.63. The van der Waals surface area contributed by atoms with E-state index in [0.717, 1.165) is 21.7 Å². The van der Waals surface area contributed by atoms with Gasteiger partial charge in [0.15, 0.2) is 4.80 Å². The summed E-state index contributed by atoms with van der Waals surface area (Å²) in [7, 11) is 3.91. The highest BCUT2D eigenvalue weighted by Crippen LogP contribution is 2.27. The van der Waals surface area contributed by atoms with Crippen LogP contribution in [0, 0.1) is 12.3 Å². The molecular weight excluding hydrogens is 358 g/mol. The summed E-state index contributed by atoms with van der Waals surface area (Å²) in [6, 6.07) is 13.2. The quantitative estimate of drug-likeness (QED) is 0.637. The van der Waals surface area contributed by atoms with E-state index in [1.807, 2.05) is 60.8 Å². The highest BCUT2D eigenvalue weighted by atomic mass is 32.1. The lowest BCUT2D eigenvalue weighted by atomic mass is 10.2. The van der Waals surface area contributed by atoms with E-state index in [1.54, 1.807) is 12.1 Å². The first-order valence-corrected chi connectivity index (χ1v) is 9.42. The maximum Gasteiger partial charge on any atom is 0.279 e. The Morgan fingerprint density at radius 2 is 2.00 bits per heavy atom. The molecule has 1 heterocycles. The van der Waals surface area contributed by atoms with Gasteiger partial charge in [0.1, 0.15) is 11.3 Å². The summed E-state index contributed by atoms with van der Waals surface area (Å²) in [6.45, 7) is 2.80. The monoisotopic (exact) mass is 379 g/mol. The van der Waals surface area contributed by atoms with Crippen LogP contribution in [0.1, 0.15) is 17.3 Å². The van der Waals surface area contributed by atoms with Gasteiger partial charge in [0.25, 0.3) is 5.91 Å². The largest absolute Gasteiger partial charge is 0.492 e. The van der Waals surface area contributed by atoms with E-state index >= 15 is 0 Å². The van der Waals surface area contributed by atoms with Gasteiger partial charge in [-0.1, -0.05) is 23.3 Å². The summed E-state index contributed by atoms with van der Waals surface area (Å²) in [5.74, 6) is 3.09. The average molecular weight is 379 g/mol. The summed E-state index contributed by atoms with van der Waals surface area (Å²) in [5, 5.41) is 0. The van der Waals surface area contributed by atoms with Crippen LogP contribution in [-0.4, -0.2) is 31.2 Å². The first kappa shape index (κ1) is 18.7. The van der Waals surface area contributed by atoms with Gasteiger partial charge in [-0.15, -0.1) is 6.42 Å². The van der Waals surface area contributed by atoms with Crippen molar-refractivity contribution in [2.75, 3.05) is 25.6 Å². The number of fused-ring (bicyclic) bond motifs is 1. The van der Waals surface area contributed by atoms with E-state index in [2.05, 4.69) is 10.9 Å². The molecule has 0 aliphatic carbocycles. The van der Waals surface area contributed by atoms with Gasteiger partial charge in [-0.05, 0) is 43.3 Å². The number of carbonyl (C=O) groups is 1. The molecule has 0 aliphatic rings. The summed E-state index contributed by atoms with van der Waals surface area (Å²) < 4.78 is 8.57. The normalized spacial score (nSPS) is 11.4. The van der Waals surface area contributed by atoms with Crippen molar-refractivity contribution in [1.29, 1.82) is 0 Å². The molecule has 0 aliphatic heterocycles. The Balaban J connectivity index is 2.09. The molecular formula is C21H21N3O2S. The number of ether oxygens (including phenoxy) is 1. The Morgan fingerprint density at radius 1 is 1.26 bits per heavy atom. The second kappa shape index (κ2) is 8.11. The number of carbonyl (C=O) groups excluding carboxylic acids is 1. The number of rotatable bonds is 5. The van der Waals surface area contributed by atoms with Crippen molar-refractivity contribution < 1.29 is 9.53 Å². The molecule has 3 rings (SSSR count). The van der Waals surface area contributed by atoms with Crippen LogP contribution in [0.5, 0.6) is 5.75 Å². The molecule has 0 bridgehead atoms. The zero-order valence-corrected chi connectivity index (χ0v) is 16.4. The predicted molar refractivity (Wildman–Crippen MR) is 110 cm³/mol. The minimum Gasteiger partial charge on any atom is -0.492 e. The molecule has 0 spiro atoms. The average Bonchev–Trinajstić information content (AvgIpc) is 3.00. The smallest absolute Gasteiger partial charge is 0.279 e. The van der Waals surface area contributed by atoms with Gasteiger partial charge < -0.3 is 14.2 Å². The van der Waals surface area contributed by atoms with E-state index < -0.39 is 0 Å². The molecule has 27 heavy (non-hydrogen) atoms. The van der Waals surface area contributed by atoms with Crippen molar-refractivity contribution in [2.45, 2.75) is 13.5 Å². The highest BCUT2D eigenvalue weighted by molar-refractivity contribution is 7.16. The Hall–Kier alpha value is -3.04. The summed E-state index contributed by atoms with van der Waals surface area (Å²) >= 11 is 1.43. The van der Waals surface area contributed by atoms with Crippen LogP contribution < -0.4 is 14.4 Å². The number of nitrogens with zero attached hydrogens (tertiary/aromatic N) is 3. The zero-order chi connectivity index (χ0) is 19.4. The van der Waals surface area contributed by atoms with Gasteiger partial charge in [-0.25, -0.2) is 0 Å². The minimum atomic E-state index is -0.296. The van der Waals surface area contributed by atoms with Crippen molar-refractivity contribution in [3.63, 3.8) is 0 Å². The lowest BCUT2D eigenvalue weighted by Gasteiger charge is -2.11. The standard InChI is InChI=1S/C21H21N3O2S/c1-5-14-24-19-17(26-6-2)8-7-9-18(19)27-21(24)22-20(25)15-10-12-16(13-11-15)23(3)4/h1,7-13H,6,14H2,2-4H3. The number of hydrogen-bond acceptors (Lipinski definition) is 4. The van der Waals surface area contributed by atoms with Crippen LogP contribution in [-0.2, 0) is 6.54 Å². The second-order valence-corrected chi connectivity index (χ2v) is 7.08. The fourth-order valence-electron chi connectivity index (χ4n) is 2.75. The van der Waals surface area contributed by atoms with Gasteiger partial charge >= 0.3 is 0 Å². The molecule has 0 atom stereocenters. The number of hydrogen-bond donors (Lipinski definition) is 0. The highest BCUT2D eigenvalue weighted by Gasteiger charge is 2.13. The van der Waals surface area contributed by atoms with E-state index in [0.29, 0.717) is 23.5 Å². The Morgan fingerprint density at radius 3 is 2.63 bits per heavy atom. The van der Waals surface area contributed by atoms with Crippen molar-refractivity contribution in [3.05, 3.63) is 52.8 Å². The van der Waals surface area contributed by atoms with E-state index in [-0.39, 0.29) is 5.91 Å². The summed E-state index contributed by atoms with van der Waals surface area (Å²) in [4.78, 5) is 19.6. The van der Waals surface area contributed by atoms with Crippen molar-refractivity contribution in [2.24, 2.45) is 4.99 Å². The van der Waals surface area contributed by atoms with Gasteiger partial charge in [-0.2, -0.15) is 4.99 Å². The van der Waals surface area contributed by atoms with Gasteiger partial charge in [0.05, 0.1) is 17.9 Å². The Bertz CT molecular complexity index is 1070. The van der Waals surface area contributed by atoms with Crippen molar-refractivity contribution >= 4 is 33.1 Å². The molecule has 2 aromatic carbocycles. The minimum absolute atomic E-state index is 0.296. The van der Waals surface area contributed by atoms with Crippen LogP contribution in [0.25, 0.3) is 10.2 Å². The maximum absolute atomic E-state index is 12.7. The van der Waals surface area contributed by atoms with Crippen LogP contribution in [0.3, 0.4) is 0 Å². The maximum atomic E-state index is 12.7. The fourth-order valence-corrected chi connectivity index (χ4v) is 3.79. The van der Waals surface area contributed by atoms with Gasteiger partial charge in [0.2, 0.25) is 0 Å². The molecule has 0 unspecified atom stereocenters. The molecule has 0 radical (unpaired) electrons. The number of terminal acetylenes is 1. The molecule has 5 nitrogen and oxygen atoms in total. The van der Waals surface area contributed by atoms with Gasteiger partial charge in [-0.3, -0.25) is 4.79 Å². The van der Waals surface area contributed by atoms with Crippen LogP contribution in [0.2, 0.25) is 0 Å². The van der Waals surface area contributed by atoms with Crippen LogP contribution in [0.4, 0.5) is 5.69 Å². The second-order valence-electron chi connectivity index (χ2n) is 6.07. The van der Waals surface area contributed by atoms with Crippen molar-refractivity contribution in [1.82, 2.24) is 4.57 Å². The Labute approximate surface area is 162 Å². The molecule has 1 aromatic heterocycles. The number of anilines is 1. The molecule has 138 valence electrons. The number of thiazole rings is 1. The van der Waals surface area contributed by atoms with Crippen LogP contribution in [0.15, 0.2) is 47.5 Å².